The topological polar surface area (TPSA) is 72.9 Å². The third-order valence-corrected chi connectivity index (χ3v) is 3.24. The predicted octanol–water partition coefficient (Wildman–Crippen LogP) is 1.69. The molecule has 2 aromatic heterocycles. The molecule has 0 bridgehead atoms. The quantitative estimate of drug-likeness (QED) is 0.430. The lowest BCUT2D eigenvalue weighted by Crippen LogP contribution is -2.29. The van der Waals surface area contributed by atoms with Gasteiger partial charge in [-0.2, -0.15) is 0 Å². The Morgan fingerprint density at radius 2 is 2.10 bits per heavy atom. The van der Waals surface area contributed by atoms with Crippen molar-refractivity contribution in [3.8, 4) is 0 Å². The minimum absolute atomic E-state index is 0.286. The molecule has 20 heavy (non-hydrogen) atoms. The lowest BCUT2D eigenvalue weighted by molar-refractivity contribution is 0.0955. The number of para-hydroxylation sites is 1. The Labute approximate surface area is 116 Å². The molecular weight excluding hydrogens is 252 g/mol. The number of hydrogen-bond donors (Lipinski definition) is 2. The maximum absolute atomic E-state index is 11.8. The molecule has 5 heteroatoms. The number of benzene rings is 1. The molecule has 1 aromatic carbocycles. The number of carbonyl (C=O) groups is 1. The zero-order valence-electron chi connectivity index (χ0n) is 10.8. The van der Waals surface area contributed by atoms with Crippen molar-refractivity contribution in [3.05, 3.63) is 66.1 Å². The number of nitrogen functional groups attached to an aromatic ring is 1. The van der Waals surface area contributed by atoms with E-state index in [2.05, 4.69) is 10.4 Å². The second kappa shape index (κ2) is 5.14. The SMILES string of the molecule is NNC(=O)c1cn(Cc2cccnc2)c2ccccc12. The standard InChI is InChI=1S/C15H14N4O/c16-18-15(20)13-10-19(9-11-4-3-7-17-8-11)14-6-2-1-5-12(13)14/h1-8,10H,9,16H2,(H,18,20). The van der Waals surface area contributed by atoms with Crippen LogP contribution < -0.4 is 11.3 Å². The molecule has 0 aliphatic rings. The van der Waals surface area contributed by atoms with Crippen LogP contribution in [0.2, 0.25) is 0 Å². The molecular formula is C15H14N4O. The number of nitrogens with zero attached hydrogens (tertiary/aromatic N) is 2. The molecule has 0 saturated heterocycles. The van der Waals surface area contributed by atoms with Gasteiger partial charge in [0.2, 0.25) is 0 Å². The van der Waals surface area contributed by atoms with Gasteiger partial charge in [0, 0.05) is 36.0 Å². The van der Waals surface area contributed by atoms with Gasteiger partial charge in [-0.25, -0.2) is 5.84 Å². The second-order valence-electron chi connectivity index (χ2n) is 4.52. The van der Waals surface area contributed by atoms with Gasteiger partial charge in [-0.3, -0.25) is 15.2 Å². The van der Waals surface area contributed by atoms with E-state index in [4.69, 9.17) is 5.84 Å². The van der Waals surface area contributed by atoms with Gasteiger partial charge in [0.15, 0.2) is 0 Å². The summed E-state index contributed by atoms with van der Waals surface area (Å²) in [6, 6.07) is 11.7. The Hall–Kier alpha value is -2.66. The fourth-order valence-corrected chi connectivity index (χ4v) is 2.32. The van der Waals surface area contributed by atoms with Crippen LogP contribution in [0.3, 0.4) is 0 Å². The Kier molecular flexibility index (Phi) is 3.18. The Morgan fingerprint density at radius 1 is 1.25 bits per heavy atom. The van der Waals surface area contributed by atoms with Crippen LogP contribution in [-0.4, -0.2) is 15.5 Å². The average molecular weight is 266 g/mol. The summed E-state index contributed by atoms with van der Waals surface area (Å²) < 4.78 is 2.02. The smallest absolute Gasteiger partial charge is 0.267 e. The van der Waals surface area contributed by atoms with Crippen molar-refractivity contribution in [1.82, 2.24) is 15.0 Å². The number of aromatic nitrogens is 2. The number of nitrogens with one attached hydrogen (secondary N) is 1. The van der Waals surface area contributed by atoms with E-state index in [9.17, 15) is 4.79 Å². The maximum Gasteiger partial charge on any atom is 0.267 e. The second-order valence-corrected chi connectivity index (χ2v) is 4.52. The number of carbonyl (C=O) groups excluding carboxylic acids is 1. The van der Waals surface area contributed by atoms with Crippen LogP contribution in [0.25, 0.3) is 10.9 Å². The highest BCUT2D eigenvalue weighted by Crippen LogP contribution is 2.22. The minimum Gasteiger partial charge on any atom is -0.342 e. The number of fused-ring (bicyclic) bond motifs is 1. The van der Waals surface area contributed by atoms with E-state index in [1.807, 2.05) is 53.4 Å². The summed E-state index contributed by atoms with van der Waals surface area (Å²) in [6.07, 6.45) is 5.38. The van der Waals surface area contributed by atoms with Crippen LogP contribution in [0.1, 0.15) is 15.9 Å². The lowest BCUT2D eigenvalue weighted by Gasteiger charge is -2.04. The van der Waals surface area contributed by atoms with Crippen molar-refractivity contribution >= 4 is 16.8 Å². The van der Waals surface area contributed by atoms with Crippen LogP contribution in [0.5, 0.6) is 0 Å². The Morgan fingerprint density at radius 3 is 2.85 bits per heavy atom. The number of amides is 1. The highest BCUT2D eigenvalue weighted by molar-refractivity contribution is 6.06. The van der Waals surface area contributed by atoms with Crippen molar-refractivity contribution in [2.24, 2.45) is 5.84 Å². The fourth-order valence-electron chi connectivity index (χ4n) is 2.32. The predicted molar refractivity (Wildman–Crippen MR) is 76.9 cm³/mol. The highest BCUT2D eigenvalue weighted by atomic mass is 16.2. The molecule has 3 aromatic rings. The molecule has 0 radical (unpaired) electrons. The van der Waals surface area contributed by atoms with Gasteiger partial charge in [-0.15, -0.1) is 0 Å². The van der Waals surface area contributed by atoms with Gasteiger partial charge < -0.3 is 4.57 Å². The summed E-state index contributed by atoms with van der Waals surface area (Å²) in [6.45, 7) is 0.659. The molecule has 1 amide bonds. The third kappa shape index (κ3) is 2.15. The zero-order valence-corrected chi connectivity index (χ0v) is 10.8. The molecule has 0 saturated carbocycles. The van der Waals surface area contributed by atoms with Crippen molar-refractivity contribution in [2.75, 3.05) is 0 Å². The summed E-state index contributed by atoms with van der Waals surface area (Å²) in [5.74, 6) is 4.95. The van der Waals surface area contributed by atoms with E-state index in [1.54, 1.807) is 6.20 Å². The molecule has 2 heterocycles. The highest BCUT2D eigenvalue weighted by Gasteiger charge is 2.13. The van der Waals surface area contributed by atoms with Gasteiger partial charge in [0.25, 0.3) is 5.91 Å². The first-order valence-electron chi connectivity index (χ1n) is 6.27. The minimum atomic E-state index is -0.286. The first-order valence-corrected chi connectivity index (χ1v) is 6.27. The van der Waals surface area contributed by atoms with Gasteiger partial charge in [0.05, 0.1) is 5.56 Å². The van der Waals surface area contributed by atoms with Crippen LogP contribution in [0.4, 0.5) is 0 Å². The van der Waals surface area contributed by atoms with E-state index >= 15 is 0 Å². The third-order valence-electron chi connectivity index (χ3n) is 3.24. The number of rotatable bonds is 3. The average Bonchev–Trinajstić information content (AvgIpc) is 2.87. The molecule has 0 spiro atoms. The maximum atomic E-state index is 11.8. The van der Waals surface area contributed by atoms with Gasteiger partial charge in [-0.05, 0) is 17.7 Å². The van der Waals surface area contributed by atoms with E-state index in [-0.39, 0.29) is 5.91 Å². The largest absolute Gasteiger partial charge is 0.342 e. The Balaban J connectivity index is 2.09. The molecule has 100 valence electrons. The number of hydrogen-bond acceptors (Lipinski definition) is 3. The normalized spacial score (nSPS) is 10.7. The molecule has 5 nitrogen and oxygen atoms in total. The van der Waals surface area contributed by atoms with Crippen molar-refractivity contribution < 1.29 is 4.79 Å². The summed E-state index contributed by atoms with van der Waals surface area (Å²) in [5, 5.41) is 0.888. The number of hydrazine groups is 1. The van der Waals surface area contributed by atoms with E-state index in [0.29, 0.717) is 12.1 Å². The lowest BCUT2D eigenvalue weighted by atomic mass is 10.2. The van der Waals surface area contributed by atoms with Crippen molar-refractivity contribution in [3.63, 3.8) is 0 Å². The molecule has 3 N–H and O–H groups in total. The summed E-state index contributed by atoms with van der Waals surface area (Å²) >= 11 is 0. The fraction of sp³-hybridized carbons (Fsp3) is 0.0667. The first kappa shape index (κ1) is 12.4. The summed E-state index contributed by atoms with van der Waals surface area (Å²) in [7, 11) is 0. The molecule has 0 aliphatic carbocycles. The van der Waals surface area contributed by atoms with Gasteiger partial charge >= 0.3 is 0 Å². The zero-order chi connectivity index (χ0) is 13.9. The van der Waals surface area contributed by atoms with Crippen LogP contribution >= 0.6 is 0 Å². The van der Waals surface area contributed by atoms with Crippen LogP contribution in [0, 0.1) is 0 Å². The molecule has 0 unspecified atom stereocenters. The molecule has 0 fully saturated rings. The Bertz CT molecular complexity index is 749. The van der Waals surface area contributed by atoms with E-state index in [0.717, 1.165) is 16.5 Å². The summed E-state index contributed by atoms with van der Waals surface area (Å²) in [5.41, 5.74) is 4.83. The molecule has 0 atom stereocenters. The van der Waals surface area contributed by atoms with Crippen molar-refractivity contribution in [1.29, 1.82) is 0 Å². The number of nitrogens with two attached hydrogens (primary N) is 1. The van der Waals surface area contributed by atoms with Crippen LogP contribution in [-0.2, 0) is 6.54 Å². The first-order chi connectivity index (χ1) is 9.79. The molecule has 0 aliphatic heterocycles. The van der Waals surface area contributed by atoms with Gasteiger partial charge in [-0.1, -0.05) is 24.3 Å². The van der Waals surface area contributed by atoms with Crippen LogP contribution in [0.15, 0.2) is 55.0 Å². The number of pyridine rings is 1. The van der Waals surface area contributed by atoms with Crippen molar-refractivity contribution in [2.45, 2.75) is 6.54 Å². The summed E-state index contributed by atoms with van der Waals surface area (Å²) in [4.78, 5) is 15.9. The monoisotopic (exact) mass is 266 g/mol. The van der Waals surface area contributed by atoms with E-state index in [1.165, 1.54) is 0 Å². The van der Waals surface area contributed by atoms with E-state index < -0.39 is 0 Å². The van der Waals surface area contributed by atoms with Gasteiger partial charge in [0.1, 0.15) is 0 Å². The molecule has 3 rings (SSSR count).